The van der Waals surface area contributed by atoms with E-state index < -0.39 is 53.8 Å². The van der Waals surface area contributed by atoms with Crippen LogP contribution in [0.2, 0.25) is 5.02 Å². The first-order valence-corrected chi connectivity index (χ1v) is 13.7. The standard InChI is InChI=1S/C27H35ClN6O8/c1-14(2)22-26(39)29-9-10-34(21(36)13-41-20-8-6-5-7-18(20)28)12-17-11-19(33-42-17)25(38)32-23(16(4)35)27(40)30-15(3)24(37)31-22/h5-8,11,14-16,22-23,35H,9-10,12-13H2,1-4H3,(H,29,39)(H,30,40)(H,31,37)(H,32,38)/t15-,16+,22-,23-/m0/s1. The number of aromatic nitrogens is 1. The van der Waals surface area contributed by atoms with Crippen LogP contribution in [0, 0.1) is 5.92 Å². The van der Waals surface area contributed by atoms with Gasteiger partial charge in [-0.05, 0) is 31.9 Å². The number of hydrogen-bond donors (Lipinski definition) is 5. The molecule has 1 aliphatic heterocycles. The first kappa shape index (κ1) is 32.3. The molecule has 14 nitrogen and oxygen atoms in total. The van der Waals surface area contributed by atoms with Crippen molar-refractivity contribution < 1.29 is 38.3 Å². The Bertz CT molecular complexity index is 1300. The van der Waals surface area contributed by atoms with Crippen molar-refractivity contribution >= 4 is 41.1 Å². The Morgan fingerprint density at radius 3 is 2.48 bits per heavy atom. The van der Waals surface area contributed by atoms with E-state index in [0.29, 0.717) is 10.8 Å². The fourth-order valence-electron chi connectivity index (χ4n) is 3.99. The molecule has 0 saturated carbocycles. The molecule has 1 aliphatic rings. The zero-order valence-electron chi connectivity index (χ0n) is 23.7. The van der Waals surface area contributed by atoms with E-state index in [0.717, 1.165) is 0 Å². The van der Waals surface area contributed by atoms with Crippen molar-refractivity contribution in [3.05, 3.63) is 46.8 Å². The molecule has 1 aromatic carbocycles. The Kier molecular flexibility index (Phi) is 11.3. The molecule has 0 fully saturated rings. The van der Waals surface area contributed by atoms with E-state index >= 15 is 0 Å². The third-order valence-corrected chi connectivity index (χ3v) is 6.72. The lowest BCUT2D eigenvalue weighted by molar-refractivity contribution is -0.135. The molecule has 228 valence electrons. The maximum Gasteiger partial charge on any atom is 0.274 e. The average molecular weight is 607 g/mol. The van der Waals surface area contributed by atoms with Gasteiger partial charge in [0.25, 0.3) is 11.8 Å². The molecule has 3 rings (SSSR count). The second-order valence-electron chi connectivity index (χ2n) is 10.2. The number of fused-ring (bicyclic) bond motifs is 2. The van der Waals surface area contributed by atoms with Crippen molar-refractivity contribution in [1.82, 2.24) is 31.3 Å². The van der Waals surface area contributed by atoms with Crippen LogP contribution >= 0.6 is 11.6 Å². The summed E-state index contributed by atoms with van der Waals surface area (Å²) in [6.07, 6.45) is -1.33. The average Bonchev–Trinajstić information content (AvgIpc) is 3.40. The molecular formula is C27H35ClN6O8. The summed E-state index contributed by atoms with van der Waals surface area (Å²) in [6.45, 7) is 5.69. The fraction of sp³-hybridized carbons (Fsp3) is 0.481. The molecule has 2 aromatic rings. The van der Waals surface area contributed by atoms with E-state index in [9.17, 15) is 29.1 Å². The number of rotatable bonds is 5. The van der Waals surface area contributed by atoms with E-state index in [4.69, 9.17) is 20.9 Å². The van der Waals surface area contributed by atoms with Gasteiger partial charge in [0.2, 0.25) is 17.7 Å². The van der Waals surface area contributed by atoms with Crippen LogP contribution in [0.25, 0.3) is 0 Å². The largest absolute Gasteiger partial charge is 0.482 e. The van der Waals surface area contributed by atoms with Crippen molar-refractivity contribution in [2.45, 2.75) is 58.5 Å². The molecule has 4 atom stereocenters. The highest BCUT2D eigenvalue weighted by atomic mass is 35.5. The van der Waals surface area contributed by atoms with Crippen LogP contribution in [0.1, 0.15) is 43.9 Å². The number of aliphatic hydroxyl groups excluding tert-OH is 1. The van der Waals surface area contributed by atoms with Gasteiger partial charge in [0.1, 0.15) is 23.9 Å². The number of carbonyl (C=O) groups excluding carboxylic acids is 5. The van der Waals surface area contributed by atoms with Gasteiger partial charge in [0.05, 0.1) is 17.7 Å². The second kappa shape index (κ2) is 14.6. The van der Waals surface area contributed by atoms with Crippen LogP contribution in [-0.4, -0.2) is 88.6 Å². The molecule has 0 spiro atoms. The molecule has 0 radical (unpaired) electrons. The van der Waals surface area contributed by atoms with Crippen LogP contribution < -0.4 is 26.0 Å². The first-order valence-electron chi connectivity index (χ1n) is 13.4. The smallest absolute Gasteiger partial charge is 0.274 e. The van der Waals surface area contributed by atoms with E-state index in [1.807, 2.05) is 0 Å². The lowest BCUT2D eigenvalue weighted by atomic mass is 10.0. The molecule has 1 aromatic heterocycles. The quantitative estimate of drug-likeness (QED) is 0.311. The van der Waals surface area contributed by atoms with Crippen molar-refractivity contribution in [1.29, 1.82) is 0 Å². The van der Waals surface area contributed by atoms with Crippen molar-refractivity contribution in [3.8, 4) is 5.75 Å². The zero-order valence-corrected chi connectivity index (χ0v) is 24.4. The number of nitrogens with zero attached hydrogens (tertiary/aromatic N) is 2. The third-order valence-electron chi connectivity index (χ3n) is 6.41. The van der Waals surface area contributed by atoms with Crippen LogP contribution in [-0.2, 0) is 25.7 Å². The van der Waals surface area contributed by atoms with Crippen LogP contribution in [0.15, 0.2) is 34.9 Å². The Hall–Kier alpha value is -4.17. The van der Waals surface area contributed by atoms with Gasteiger partial charge in [-0.2, -0.15) is 0 Å². The summed E-state index contributed by atoms with van der Waals surface area (Å²) in [5, 5.41) is 24.4. The highest BCUT2D eigenvalue weighted by molar-refractivity contribution is 6.32. The minimum atomic E-state index is -1.43. The van der Waals surface area contributed by atoms with Crippen LogP contribution in [0.4, 0.5) is 0 Å². The minimum Gasteiger partial charge on any atom is -0.482 e. The van der Waals surface area contributed by atoms with Crippen LogP contribution in [0.5, 0.6) is 5.75 Å². The van der Waals surface area contributed by atoms with Crippen molar-refractivity contribution in [3.63, 3.8) is 0 Å². The van der Waals surface area contributed by atoms with E-state index in [1.165, 1.54) is 24.8 Å². The maximum atomic E-state index is 13.1. The molecular weight excluding hydrogens is 572 g/mol. The van der Waals surface area contributed by atoms with Gasteiger partial charge >= 0.3 is 0 Å². The van der Waals surface area contributed by atoms with Gasteiger partial charge in [-0.3, -0.25) is 24.0 Å². The summed E-state index contributed by atoms with van der Waals surface area (Å²) in [7, 11) is 0. The van der Waals surface area contributed by atoms with E-state index in [1.54, 1.807) is 38.1 Å². The number of carbonyl (C=O) groups is 5. The van der Waals surface area contributed by atoms with Gasteiger partial charge < -0.3 is 40.5 Å². The topological polar surface area (TPSA) is 192 Å². The number of nitrogens with one attached hydrogen (secondary N) is 4. The summed E-state index contributed by atoms with van der Waals surface area (Å²) >= 11 is 6.12. The predicted octanol–water partition coefficient (Wildman–Crippen LogP) is -0.00990. The molecule has 0 saturated heterocycles. The highest BCUT2D eigenvalue weighted by Gasteiger charge is 2.32. The molecule has 42 heavy (non-hydrogen) atoms. The number of amides is 5. The minimum absolute atomic E-state index is 0.0135. The summed E-state index contributed by atoms with van der Waals surface area (Å²) in [4.78, 5) is 66.0. The number of halogens is 1. The predicted molar refractivity (Wildman–Crippen MR) is 149 cm³/mol. The monoisotopic (exact) mass is 606 g/mol. The number of ether oxygens (including phenoxy) is 1. The molecule has 2 heterocycles. The lowest BCUT2D eigenvalue weighted by Gasteiger charge is -2.26. The molecule has 15 heteroatoms. The normalized spacial score (nSPS) is 21.8. The fourth-order valence-corrected chi connectivity index (χ4v) is 4.18. The van der Waals surface area contributed by atoms with Crippen molar-refractivity contribution in [2.24, 2.45) is 5.92 Å². The zero-order chi connectivity index (χ0) is 31.0. The van der Waals surface area contributed by atoms with E-state index in [-0.39, 0.29) is 43.6 Å². The van der Waals surface area contributed by atoms with Crippen molar-refractivity contribution in [2.75, 3.05) is 19.7 Å². The number of benzene rings is 1. The lowest BCUT2D eigenvalue weighted by Crippen LogP contribution is -2.58. The van der Waals surface area contributed by atoms with Crippen LogP contribution in [0.3, 0.4) is 0 Å². The van der Waals surface area contributed by atoms with Gasteiger partial charge in [-0.15, -0.1) is 0 Å². The van der Waals surface area contributed by atoms with Gasteiger partial charge in [-0.25, -0.2) is 0 Å². The van der Waals surface area contributed by atoms with Gasteiger partial charge in [0, 0.05) is 19.2 Å². The van der Waals surface area contributed by atoms with Gasteiger partial charge in [-0.1, -0.05) is 42.7 Å². The molecule has 0 aliphatic carbocycles. The Labute approximate surface area is 247 Å². The molecule has 5 N–H and O–H groups in total. The number of aliphatic hydroxyl groups is 1. The van der Waals surface area contributed by atoms with Gasteiger partial charge in [0.15, 0.2) is 18.1 Å². The first-order chi connectivity index (χ1) is 19.9. The highest BCUT2D eigenvalue weighted by Crippen LogP contribution is 2.23. The molecule has 0 unspecified atom stereocenters. The van der Waals surface area contributed by atoms with E-state index in [2.05, 4.69) is 26.4 Å². The second-order valence-corrected chi connectivity index (χ2v) is 10.6. The number of hydrogen-bond acceptors (Lipinski definition) is 9. The SMILES string of the molecule is CC(C)[C@@H]1NC(=O)[C@H](C)NC(=O)[C@H]([C@@H](C)O)NC(=O)c2cc(on2)CN(C(=O)COc2ccccc2Cl)CCNC1=O. The molecule has 2 bridgehead atoms. The summed E-state index contributed by atoms with van der Waals surface area (Å²) in [5.74, 6) is -3.14. The summed E-state index contributed by atoms with van der Waals surface area (Å²) in [6, 6.07) is 4.44. The number of para-hydroxylation sites is 1. The Morgan fingerprint density at radius 2 is 1.81 bits per heavy atom. The summed E-state index contributed by atoms with van der Waals surface area (Å²) in [5.41, 5.74) is -0.205. The molecule has 5 amide bonds. The third kappa shape index (κ3) is 8.66. The maximum absolute atomic E-state index is 13.1. The Morgan fingerprint density at radius 1 is 1.10 bits per heavy atom. The Balaban J connectivity index is 1.87. The summed E-state index contributed by atoms with van der Waals surface area (Å²) < 4.78 is 10.8.